The van der Waals surface area contributed by atoms with Crippen LogP contribution in [0.25, 0.3) is 32.3 Å². The van der Waals surface area contributed by atoms with Crippen LogP contribution in [-0.4, -0.2) is 55.6 Å². The molecule has 0 unspecified atom stereocenters. The van der Waals surface area contributed by atoms with Gasteiger partial charge >= 0.3 is 7.60 Å². The van der Waals surface area contributed by atoms with Crippen molar-refractivity contribution in [1.82, 2.24) is 0 Å². The lowest BCUT2D eigenvalue weighted by atomic mass is 9.93. The molecular formula is C79H135O9P. The zero-order chi connectivity index (χ0) is 63.5. The van der Waals surface area contributed by atoms with Crippen LogP contribution in [0, 0.1) is 0 Å². The van der Waals surface area contributed by atoms with E-state index in [4.69, 9.17) is 38.2 Å². The molecule has 0 aliphatic carbocycles. The summed E-state index contributed by atoms with van der Waals surface area (Å²) in [7, 11) is -3.85. The molecule has 0 bridgehead atoms. The Bertz CT molecular complexity index is 2340. The molecule has 0 saturated carbocycles. The lowest BCUT2D eigenvalue weighted by Crippen LogP contribution is -2.05. The summed E-state index contributed by atoms with van der Waals surface area (Å²) in [6.45, 7) is 15.4. The van der Waals surface area contributed by atoms with Gasteiger partial charge in [-0.1, -0.05) is 304 Å². The highest BCUT2D eigenvalue weighted by molar-refractivity contribution is 7.51. The molecular weight excluding hydrogens is 1120 g/mol. The number of unbranched alkanes of at least 4 members (excludes halogenated alkanes) is 43. The minimum absolute atomic E-state index is 0.0247. The Kier molecular flexibility index (Phi) is 45.6. The maximum absolute atomic E-state index is 11.1. The smallest absolute Gasteiger partial charge is 0.325 e. The Morgan fingerprint density at radius 2 is 0.360 bits per heavy atom. The highest BCUT2D eigenvalue weighted by Crippen LogP contribution is 2.48. The summed E-state index contributed by atoms with van der Waals surface area (Å²) in [4.78, 5) is 18.2. The molecule has 4 aromatic rings. The normalized spacial score (nSPS) is 11.9. The molecule has 0 aromatic heterocycles. The van der Waals surface area contributed by atoms with Gasteiger partial charge in [0.05, 0.1) is 39.6 Å². The Hall–Kier alpha value is -3.39. The Morgan fingerprint density at radius 3 is 0.506 bits per heavy atom. The predicted octanol–water partition coefficient (Wildman–Crippen LogP) is 25.8. The fraction of sp³-hybridized carbons (Fsp3) is 0.772. The van der Waals surface area contributed by atoms with Gasteiger partial charge in [0.15, 0.2) is 34.5 Å². The highest BCUT2D eigenvalue weighted by Gasteiger charge is 2.21. The number of rotatable bonds is 63. The average molecular weight is 1260 g/mol. The summed E-state index contributed by atoms with van der Waals surface area (Å²) in [6.07, 6.45) is 59.2. The van der Waals surface area contributed by atoms with Crippen molar-refractivity contribution in [3.8, 4) is 34.5 Å². The van der Waals surface area contributed by atoms with Crippen molar-refractivity contribution >= 4 is 39.9 Å². The molecule has 4 rings (SSSR count). The van der Waals surface area contributed by atoms with Crippen molar-refractivity contribution in [2.24, 2.45) is 0 Å². The fourth-order valence-corrected chi connectivity index (χ4v) is 13.3. The maximum Gasteiger partial charge on any atom is 0.325 e. The molecule has 0 amide bonds. The van der Waals surface area contributed by atoms with Crippen LogP contribution in [0.2, 0.25) is 0 Å². The topological polar surface area (TPSA) is 113 Å². The number of benzene rings is 4. The van der Waals surface area contributed by atoms with Crippen molar-refractivity contribution in [2.45, 2.75) is 349 Å². The summed E-state index contributed by atoms with van der Waals surface area (Å²) in [5, 5.41) is 6.75. The van der Waals surface area contributed by atoms with E-state index in [9.17, 15) is 4.57 Å². The van der Waals surface area contributed by atoms with E-state index in [-0.39, 0.29) is 6.16 Å². The summed E-state index contributed by atoms with van der Waals surface area (Å²) >= 11 is 0. The van der Waals surface area contributed by atoms with Crippen molar-refractivity contribution in [1.29, 1.82) is 0 Å². The fourth-order valence-electron chi connectivity index (χ4n) is 12.6. The van der Waals surface area contributed by atoms with Gasteiger partial charge in [0.1, 0.15) is 0 Å². The Labute approximate surface area is 545 Å². The van der Waals surface area contributed by atoms with Crippen molar-refractivity contribution in [3.63, 3.8) is 0 Å². The summed E-state index contributed by atoms with van der Waals surface area (Å²) in [5.41, 5.74) is 0. The van der Waals surface area contributed by atoms with Gasteiger partial charge in [-0.25, -0.2) is 0 Å². The van der Waals surface area contributed by atoms with Crippen LogP contribution in [0.5, 0.6) is 34.5 Å². The van der Waals surface area contributed by atoms with E-state index in [0.717, 1.165) is 125 Å². The van der Waals surface area contributed by atoms with E-state index in [1.807, 2.05) is 0 Å². The van der Waals surface area contributed by atoms with Crippen LogP contribution in [0.4, 0.5) is 0 Å². The van der Waals surface area contributed by atoms with Gasteiger partial charge in [-0.3, -0.25) is 4.57 Å². The maximum atomic E-state index is 11.1. The SMILES string of the molecule is CCCCCCCCCOc1cc2c3cc(OCCCCCCCCC)c(OCCCCCCCCC)cc3c3cc(OCCCCCCCCCCCCCCCCP(=O)(O)O)c(OCCCCCCCCC)cc3c2cc1OCCCCCCCCC. The molecule has 9 nitrogen and oxygen atoms in total. The first-order chi connectivity index (χ1) is 43.7. The third kappa shape index (κ3) is 35.5. The average Bonchev–Trinajstić information content (AvgIpc) is 1.38. The number of hydrogen-bond acceptors (Lipinski definition) is 7. The van der Waals surface area contributed by atoms with E-state index in [0.29, 0.717) is 46.1 Å². The summed E-state index contributed by atoms with van der Waals surface area (Å²) in [6, 6.07) is 13.7. The Morgan fingerprint density at radius 1 is 0.225 bits per heavy atom. The van der Waals surface area contributed by atoms with E-state index in [2.05, 4.69) is 71.0 Å². The van der Waals surface area contributed by atoms with E-state index >= 15 is 0 Å². The van der Waals surface area contributed by atoms with Gasteiger partial charge < -0.3 is 38.2 Å². The standard InChI is InChI=1S/C79H135O9P/c1-6-11-16-21-34-41-48-55-83-74-62-68-69-63-75(84-56-49-42-35-22-17-12-7-2)77(86-58-51-44-37-24-19-14-9-4)65-71(69)73-67-79(88-60-53-46-39-32-30-28-26-27-29-31-33-40-47-54-61-89(80,81)82)78(87-59-52-45-38-25-20-15-10-5)66-72(73)70(68)64-76(74)85-57-50-43-36-23-18-13-8-3/h62-67H,6-61H2,1-5H3,(H2,80,81,82). The zero-order valence-corrected chi connectivity index (χ0v) is 59.2. The van der Waals surface area contributed by atoms with Crippen LogP contribution in [0.15, 0.2) is 36.4 Å². The molecule has 2 N–H and O–H groups in total. The zero-order valence-electron chi connectivity index (χ0n) is 58.3. The number of ether oxygens (including phenoxy) is 6. The van der Waals surface area contributed by atoms with Gasteiger partial charge in [0.2, 0.25) is 0 Å². The highest BCUT2D eigenvalue weighted by atomic mass is 31.2. The molecule has 0 radical (unpaired) electrons. The largest absolute Gasteiger partial charge is 0.490 e. The molecule has 510 valence electrons. The summed E-state index contributed by atoms with van der Waals surface area (Å²) < 4.78 is 52.5. The third-order valence-corrected chi connectivity index (χ3v) is 19.1. The predicted molar refractivity (Wildman–Crippen MR) is 383 cm³/mol. The molecule has 4 aromatic carbocycles. The molecule has 0 fully saturated rings. The van der Waals surface area contributed by atoms with Crippen LogP contribution in [0.3, 0.4) is 0 Å². The molecule has 0 aliphatic rings. The molecule has 0 spiro atoms. The van der Waals surface area contributed by atoms with Crippen LogP contribution in [-0.2, 0) is 4.57 Å². The van der Waals surface area contributed by atoms with Crippen molar-refractivity contribution in [3.05, 3.63) is 36.4 Å². The minimum atomic E-state index is -3.85. The second kappa shape index (κ2) is 52.0. The quantitative estimate of drug-likeness (QED) is 0.0253. The number of fused-ring (bicyclic) bond motifs is 6. The van der Waals surface area contributed by atoms with Gasteiger partial charge in [-0.05, 0) is 114 Å². The van der Waals surface area contributed by atoms with Crippen molar-refractivity contribution in [2.75, 3.05) is 45.8 Å². The van der Waals surface area contributed by atoms with Gasteiger partial charge in [-0.2, -0.15) is 0 Å². The first kappa shape index (κ1) is 78.1. The van der Waals surface area contributed by atoms with Gasteiger partial charge in [0, 0.05) is 6.16 Å². The van der Waals surface area contributed by atoms with Crippen LogP contribution in [0.1, 0.15) is 349 Å². The lowest BCUT2D eigenvalue weighted by molar-refractivity contribution is 0.258. The first-order valence-corrected chi connectivity index (χ1v) is 39.9. The van der Waals surface area contributed by atoms with Gasteiger partial charge in [-0.15, -0.1) is 0 Å². The van der Waals surface area contributed by atoms with Crippen LogP contribution >= 0.6 is 7.60 Å². The molecule has 0 atom stereocenters. The molecule has 0 aliphatic heterocycles. The molecule has 10 heteroatoms. The van der Waals surface area contributed by atoms with Gasteiger partial charge in [0.25, 0.3) is 0 Å². The molecule has 0 saturated heterocycles. The van der Waals surface area contributed by atoms with E-state index < -0.39 is 7.60 Å². The molecule has 89 heavy (non-hydrogen) atoms. The van der Waals surface area contributed by atoms with Crippen LogP contribution < -0.4 is 28.4 Å². The lowest BCUT2D eigenvalue weighted by Gasteiger charge is -2.21. The van der Waals surface area contributed by atoms with E-state index in [1.54, 1.807) is 0 Å². The number of hydrogen-bond donors (Lipinski definition) is 2. The monoisotopic (exact) mass is 1260 g/mol. The van der Waals surface area contributed by atoms with E-state index in [1.165, 1.54) is 250 Å². The minimum Gasteiger partial charge on any atom is -0.490 e. The summed E-state index contributed by atoms with van der Waals surface area (Å²) in [5.74, 6) is 4.93. The van der Waals surface area contributed by atoms with Crippen molar-refractivity contribution < 1.29 is 42.8 Å². The molecule has 0 heterocycles. The Balaban J connectivity index is 1.71. The second-order valence-electron chi connectivity index (χ2n) is 26.6. The third-order valence-electron chi connectivity index (χ3n) is 18.3. The second-order valence-corrected chi connectivity index (χ2v) is 28.3. The first-order valence-electron chi connectivity index (χ1n) is 38.1.